The first-order valence-corrected chi connectivity index (χ1v) is 7.19. The molecule has 0 unspecified atom stereocenters. The Labute approximate surface area is 128 Å². The van der Waals surface area contributed by atoms with E-state index in [1.807, 2.05) is 24.3 Å². The van der Waals surface area contributed by atoms with Gasteiger partial charge in [0.2, 0.25) is 0 Å². The molecule has 0 saturated carbocycles. The Bertz CT molecular complexity index is 750. The van der Waals surface area contributed by atoms with Gasteiger partial charge in [0, 0.05) is 5.56 Å². The molecule has 0 radical (unpaired) electrons. The number of hydrogen-bond acceptors (Lipinski definition) is 3. The molecule has 0 amide bonds. The van der Waals surface area contributed by atoms with E-state index in [4.69, 9.17) is 10.5 Å². The molecule has 2 aromatic carbocycles. The Morgan fingerprint density at radius 2 is 2.05 bits per heavy atom. The van der Waals surface area contributed by atoms with Gasteiger partial charge < -0.3 is 15.6 Å². The average molecular weight is 295 g/mol. The molecule has 1 aliphatic rings. The van der Waals surface area contributed by atoms with Gasteiger partial charge in [0.25, 0.3) is 0 Å². The number of carboxylic acid groups (broad SMARTS) is 1. The number of hydrogen-bond donors (Lipinski definition) is 2. The molecule has 3 N–H and O–H groups in total. The standard InChI is InChI=1S/C18H17NO3/c19-9-3-6-15-14-5-2-1-4-13(14)11-22-17-8-7-12(18(20)21)10-16(15)17/h1-2,4-8,10H,3,9,11,19H2,(H,20,21)/b15-6+. The molecule has 112 valence electrons. The molecule has 0 saturated heterocycles. The number of rotatable bonds is 3. The van der Waals surface area contributed by atoms with Gasteiger partial charge in [0.1, 0.15) is 12.4 Å². The first-order valence-electron chi connectivity index (χ1n) is 7.19. The van der Waals surface area contributed by atoms with Gasteiger partial charge in [-0.2, -0.15) is 0 Å². The van der Waals surface area contributed by atoms with Crippen molar-refractivity contribution in [3.63, 3.8) is 0 Å². The Morgan fingerprint density at radius 1 is 1.23 bits per heavy atom. The summed E-state index contributed by atoms with van der Waals surface area (Å²) in [6, 6.07) is 13.0. The van der Waals surface area contributed by atoms with E-state index in [1.54, 1.807) is 18.2 Å². The van der Waals surface area contributed by atoms with Crippen molar-refractivity contribution in [1.82, 2.24) is 0 Å². The van der Waals surface area contributed by atoms with E-state index in [-0.39, 0.29) is 5.56 Å². The van der Waals surface area contributed by atoms with Crippen molar-refractivity contribution in [3.8, 4) is 5.75 Å². The normalized spacial score (nSPS) is 14.7. The van der Waals surface area contributed by atoms with Crippen molar-refractivity contribution in [2.24, 2.45) is 5.73 Å². The smallest absolute Gasteiger partial charge is 0.335 e. The summed E-state index contributed by atoms with van der Waals surface area (Å²) in [7, 11) is 0. The van der Waals surface area contributed by atoms with Gasteiger partial charge in [0.15, 0.2) is 0 Å². The predicted molar refractivity (Wildman–Crippen MR) is 84.9 cm³/mol. The number of aromatic carboxylic acids is 1. The highest BCUT2D eigenvalue weighted by molar-refractivity contribution is 5.92. The van der Waals surface area contributed by atoms with Crippen LogP contribution in [-0.2, 0) is 6.61 Å². The van der Waals surface area contributed by atoms with Crippen LogP contribution in [0, 0.1) is 0 Å². The topological polar surface area (TPSA) is 72.5 Å². The lowest BCUT2D eigenvalue weighted by Crippen LogP contribution is -2.00. The van der Waals surface area contributed by atoms with E-state index in [0.29, 0.717) is 18.9 Å². The van der Waals surface area contributed by atoms with Gasteiger partial charge in [-0.3, -0.25) is 0 Å². The van der Waals surface area contributed by atoms with Crippen LogP contribution in [0.5, 0.6) is 5.75 Å². The average Bonchev–Trinajstić information content (AvgIpc) is 2.69. The summed E-state index contributed by atoms with van der Waals surface area (Å²) in [5, 5.41) is 9.23. The van der Waals surface area contributed by atoms with E-state index >= 15 is 0 Å². The predicted octanol–water partition coefficient (Wildman–Crippen LogP) is 3.06. The van der Waals surface area contributed by atoms with Crippen molar-refractivity contribution in [1.29, 1.82) is 0 Å². The van der Waals surface area contributed by atoms with Gasteiger partial charge in [-0.25, -0.2) is 4.79 Å². The van der Waals surface area contributed by atoms with Crippen LogP contribution in [0.1, 0.15) is 33.5 Å². The molecule has 4 heteroatoms. The van der Waals surface area contributed by atoms with Gasteiger partial charge in [-0.15, -0.1) is 0 Å². The molecule has 3 rings (SSSR count). The van der Waals surface area contributed by atoms with Crippen molar-refractivity contribution < 1.29 is 14.6 Å². The number of carbonyl (C=O) groups is 1. The van der Waals surface area contributed by atoms with Crippen LogP contribution in [0.4, 0.5) is 0 Å². The number of ether oxygens (including phenoxy) is 1. The summed E-state index contributed by atoms with van der Waals surface area (Å²) in [6.45, 7) is 1.01. The van der Waals surface area contributed by atoms with E-state index in [2.05, 4.69) is 6.08 Å². The molecule has 22 heavy (non-hydrogen) atoms. The van der Waals surface area contributed by atoms with E-state index in [1.165, 1.54) is 0 Å². The number of nitrogens with two attached hydrogens (primary N) is 1. The van der Waals surface area contributed by atoms with E-state index in [0.717, 1.165) is 28.7 Å². The number of fused-ring (bicyclic) bond motifs is 2. The fraction of sp³-hybridized carbons (Fsp3) is 0.167. The molecule has 1 heterocycles. The maximum Gasteiger partial charge on any atom is 0.335 e. The second kappa shape index (κ2) is 6.03. The number of benzene rings is 2. The third-order valence-electron chi connectivity index (χ3n) is 3.72. The van der Waals surface area contributed by atoms with Crippen molar-refractivity contribution in [2.45, 2.75) is 13.0 Å². The molecule has 4 nitrogen and oxygen atoms in total. The summed E-state index contributed by atoms with van der Waals surface area (Å²) < 4.78 is 5.85. The lowest BCUT2D eigenvalue weighted by molar-refractivity contribution is 0.0697. The van der Waals surface area contributed by atoms with Crippen molar-refractivity contribution in [2.75, 3.05) is 6.54 Å². The zero-order valence-electron chi connectivity index (χ0n) is 12.1. The summed E-state index contributed by atoms with van der Waals surface area (Å²) in [6.07, 6.45) is 2.78. The first kappa shape index (κ1) is 14.4. The van der Waals surface area contributed by atoms with E-state index < -0.39 is 5.97 Å². The monoisotopic (exact) mass is 295 g/mol. The van der Waals surface area contributed by atoms with Gasteiger partial charge in [0.05, 0.1) is 5.56 Å². The molecule has 0 aromatic heterocycles. The van der Waals surface area contributed by atoms with Gasteiger partial charge >= 0.3 is 5.97 Å². The fourth-order valence-electron chi connectivity index (χ4n) is 2.66. The Morgan fingerprint density at radius 3 is 2.82 bits per heavy atom. The Hall–Kier alpha value is -2.59. The summed E-state index contributed by atoms with van der Waals surface area (Å²) in [5.74, 6) is -0.247. The van der Waals surface area contributed by atoms with Gasteiger partial charge in [-0.05, 0) is 47.9 Å². The second-order valence-corrected chi connectivity index (χ2v) is 5.16. The number of carboxylic acids is 1. The summed E-state index contributed by atoms with van der Waals surface area (Å²) in [4.78, 5) is 11.3. The lowest BCUT2D eigenvalue weighted by atomic mass is 9.92. The van der Waals surface area contributed by atoms with Crippen LogP contribution < -0.4 is 10.5 Å². The maximum atomic E-state index is 11.3. The lowest BCUT2D eigenvalue weighted by Gasteiger charge is -2.11. The zero-order chi connectivity index (χ0) is 15.5. The van der Waals surface area contributed by atoms with Crippen LogP contribution in [0.3, 0.4) is 0 Å². The highest BCUT2D eigenvalue weighted by atomic mass is 16.5. The van der Waals surface area contributed by atoms with Crippen LogP contribution in [0.15, 0.2) is 48.5 Å². The fourth-order valence-corrected chi connectivity index (χ4v) is 2.66. The molecule has 2 aromatic rings. The summed E-state index contributed by atoms with van der Waals surface area (Å²) >= 11 is 0. The van der Waals surface area contributed by atoms with Crippen LogP contribution in [0.25, 0.3) is 5.57 Å². The largest absolute Gasteiger partial charge is 0.488 e. The van der Waals surface area contributed by atoms with Crippen LogP contribution >= 0.6 is 0 Å². The minimum atomic E-state index is -0.946. The Kier molecular flexibility index (Phi) is 3.94. The third kappa shape index (κ3) is 2.61. The zero-order valence-corrected chi connectivity index (χ0v) is 12.1. The third-order valence-corrected chi connectivity index (χ3v) is 3.72. The maximum absolute atomic E-state index is 11.3. The highest BCUT2D eigenvalue weighted by Gasteiger charge is 2.20. The highest BCUT2D eigenvalue weighted by Crippen LogP contribution is 2.37. The molecule has 0 aliphatic carbocycles. The molecular weight excluding hydrogens is 278 g/mol. The van der Waals surface area contributed by atoms with Crippen LogP contribution in [-0.4, -0.2) is 17.6 Å². The minimum absolute atomic E-state index is 0.250. The van der Waals surface area contributed by atoms with E-state index in [9.17, 15) is 9.90 Å². The quantitative estimate of drug-likeness (QED) is 0.912. The molecule has 0 spiro atoms. The first-order chi connectivity index (χ1) is 10.7. The SMILES string of the molecule is NCC/C=C1\c2ccccc2COc2ccc(C(=O)O)cc21. The Balaban J connectivity index is 2.21. The van der Waals surface area contributed by atoms with Crippen molar-refractivity contribution in [3.05, 3.63) is 70.8 Å². The molecule has 1 aliphatic heterocycles. The minimum Gasteiger partial charge on any atom is -0.488 e. The summed E-state index contributed by atoms with van der Waals surface area (Å²) in [5.41, 5.74) is 9.82. The molecule has 0 atom stereocenters. The van der Waals surface area contributed by atoms with Gasteiger partial charge in [-0.1, -0.05) is 30.3 Å². The molecule has 0 fully saturated rings. The molecular formula is C18H17NO3. The second-order valence-electron chi connectivity index (χ2n) is 5.16. The van der Waals surface area contributed by atoms with Crippen LogP contribution in [0.2, 0.25) is 0 Å². The van der Waals surface area contributed by atoms with Crippen molar-refractivity contribution >= 4 is 11.5 Å². The molecule has 0 bridgehead atoms.